The van der Waals surface area contributed by atoms with Gasteiger partial charge in [-0.2, -0.15) is 0 Å². The van der Waals surface area contributed by atoms with Crippen LogP contribution in [0.15, 0.2) is 72.9 Å². The predicted octanol–water partition coefficient (Wildman–Crippen LogP) is 5.10. The second kappa shape index (κ2) is 9.06. The summed E-state index contributed by atoms with van der Waals surface area (Å²) in [4.78, 5) is 19.9. The fraction of sp³-hybridized carbons (Fsp3) is 0.259. The zero-order chi connectivity index (χ0) is 22.8. The van der Waals surface area contributed by atoms with Gasteiger partial charge in [0.25, 0.3) is 0 Å². The molecule has 3 heterocycles. The van der Waals surface area contributed by atoms with Crippen molar-refractivity contribution in [3.05, 3.63) is 90.1 Å². The van der Waals surface area contributed by atoms with E-state index in [-0.39, 0.29) is 24.1 Å². The van der Waals surface area contributed by atoms with Crippen molar-refractivity contribution in [1.29, 1.82) is 0 Å². The number of hydrogen-bond acceptors (Lipinski definition) is 3. The van der Waals surface area contributed by atoms with Crippen LogP contribution in [0.4, 0.5) is 4.39 Å². The van der Waals surface area contributed by atoms with Gasteiger partial charge in [-0.25, -0.2) is 9.37 Å². The summed E-state index contributed by atoms with van der Waals surface area (Å²) in [6.45, 7) is 1.33. The molecule has 0 aliphatic carbocycles. The molecule has 5 rings (SSSR count). The molecule has 1 amide bonds. The largest absolute Gasteiger partial charge is 0.497 e. The Morgan fingerprint density at radius 2 is 2.00 bits per heavy atom. The Balaban J connectivity index is 1.43. The lowest BCUT2D eigenvalue weighted by atomic mass is 9.96. The number of likely N-dealkylation sites (tertiary alicyclic amines) is 1. The monoisotopic (exact) mass is 443 g/mol. The maximum Gasteiger partial charge on any atom is 0.227 e. The molecule has 0 unspecified atom stereocenters. The van der Waals surface area contributed by atoms with Crippen LogP contribution in [0.25, 0.3) is 16.8 Å². The molecule has 0 saturated carbocycles. The minimum absolute atomic E-state index is 0.0270. The first-order valence-corrected chi connectivity index (χ1v) is 11.3. The van der Waals surface area contributed by atoms with Crippen molar-refractivity contribution in [1.82, 2.24) is 14.3 Å². The normalized spacial score (nSPS) is 16.2. The number of imidazole rings is 1. The number of hydrogen-bond donors (Lipinski definition) is 0. The van der Waals surface area contributed by atoms with Crippen molar-refractivity contribution < 1.29 is 13.9 Å². The third-order valence-corrected chi connectivity index (χ3v) is 6.30. The average Bonchev–Trinajstić information content (AvgIpc) is 3.24. The zero-order valence-corrected chi connectivity index (χ0v) is 18.6. The third kappa shape index (κ3) is 4.33. The molecule has 168 valence electrons. The van der Waals surface area contributed by atoms with Gasteiger partial charge in [-0.15, -0.1) is 0 Å². The summed E-state index contributed by atoms with van der Waals surface area (Å²) >= 11 is 0. The van der Waals surface area contributed by atoms with E-state index >= 15 is 0 Å². The van der Waals surface area contributed by atoms with Crippen LogP contribution in [-0.2, 0) is 11.2 Å². The lowest BCUT2D eigenvalue weighted by Crippen LogP contribution is -2.40. The number of rotatable bonds is 5. The number of nitrogens with zero attached hydrogens (tertiary/aromatic N) is 3. The van der Waals surface area contributed by atoms with Crippen molar-refractivity contribution >= 4 is 11.4 Å². The van der Waals surface area contributed by atoms with Crippen molar-refractivity contribution in [2.75, 3.05) is 20.2 Å². The Morgan fingerprint density at radius 3 is 2.85 bits per heavy atom. The Bertz CT molecular complexity index is 1300. The van der Waals surface area contributed by atoms with E-state index in [9.17, 15) is 9.18 Å². The predicted molar refractivity (Wildman–Crippen MR) is 126 cm³/mol. The highest BCUT2D eigenvalue weighted by Gasteiger charge is 2.28. The number of ether oxygens (including phenoxy) is 1. The van der Waals surface area contributed by atoms with E-state index in [1.54, 1.807) is 19.2 Å². The molecule has 2 aromatic heterocycles. The van der Waals surface area contributed by atoms with Crippen LogP contribution in [0.1, 0.15) is 30.1 Å². The smallest absolute Gasteiger partial charge is 0.227 e. The molecule has 4 aromatic rings. The molecule has 2 aromatic carbocycles. The van der Waals surface area contributed by atoms with Gasteiger partial charge >= 0.3 is 0 Å². The summed E-state index contributed by atoms with van der Waals surface area (Å²) in [5.41, 5.74) is 3.64. The summed E-state index contributed by atoms with van der Waals surface area (Å²) in [7, 11) is 1.66. The van der Waals surface area contributed by atoms with E-state index in [2.05, 4.69) is 10.5 Å². The molecule has 1 aliphatic heterocycles. The number of halogens is 1. The average molecular weight is 444 g/mol. The first-order chi connectivity index (χ1) is 16.1. The fourth-order valence-corrected chi connectivity index (χ4v) is 4.68. The van der Waals surface area contributed by atoms with Gasteiger partial charge in [0.1, 0.15) is 17.4 Å². The van der Waals surface area contributed by atoms with Gasteiger partial charge in [-0.05, 0) is 54.8 Å². The molecule has 1 aliphatic rings. The molecular weight excluding hydrogens is 417 g/mol. The number of methoxy groups -OCH3 is 1. The highest BCUT2D eigenvalue weighted by atomic mass is 19.1. The molecule has 6 heteroatoms. The fourth-order valence-electron chi connectivity index (χ4n) is 4.68. The Morgan fingerprint density at radius 1 is 1.12 bits per heavy atom. The Kier molecular flexibility index (Phi) is 5.82. The van der Waals surface area contributed by atoms with Gasteiger partial charge < -0.3 is 14.0 Å². The molecule has 0 radical (unpaired) electrons. The summed E-state index contributed by atoms with van der Waals surface area (Å²) < 4.78 is 21.1. The molecule has 0 spiro atoms. The standard InChI is InChI=1S/C27H26FN3O2/c1-33-23-11-5-8-20(17-23)26-24-12-2-3-14-31(24)27(29-26)21-9-6-13-30(18-21)25(32)16-19-7-4-10-22(28)15-19/h2-5,7-8,10-12,14-15,17,21H,6,9,13,16,18H2,1H3/t21-/m1/s1. The Labute approximate surface area is 192 Å². The number of benzene rings is 2. The first kappa shape index (κ1) is 21.2. The molecule has 1 atom stereocenters. The molecular formula is C27H26FN3O2. The summed E-state index contributed by atoms with van der Waals surface area (Å²) in [6.07, 6.45) is 4.13. The number of carbonyl (C=O) groups is 1. The van der Waals surface area contributed by atoms with Crippen LogP contribution in [0.3, 0.4) is 0 Å². The maximum atomic E-state index is 13.5. The summed E-state index contributed by atoms with van der Waals surface area (Å²) in [5, 5.41) is 0. The first-order valence-electron chi connectivity index (χ1n) is 11.3. The molecule has 0 bridgehead atoms. The topological polar surface area (TPSA) is 46.8 Å². The third-order valence-electron chi connectivity index (χ3n) is 6.30. The van der Waals surface area contributed by atoms with Gasteiger partial charge in [-0.3, -0.25) is 4.79 Å². The minimum atomic E-state index is -0.314. The molecule has 1 saturated heterocycles. The minimum Gasteiger partial charge on any atom is -0.497 e. The molecule has 0 N–H and O–H groups in total. The summed E-state index contributed by atoms with van der Waals surface area (Å²) in [6, 6.07) is 20.3. The second-order valence-electron chi connectivity index (χ2n) is 8.49. The highest BCUT2D eigenvalue weighted by Crippen LogP contribution is 2.33. The number of fused-ring (bicyclic) bond motifs is 1. The van der Waals surface area contributed by atoms with E-state index in [1.165, 1.54) is 12.1 Å². The van der Waals surface area contributed by atoms with Gasteiger partial charge in [0.2, 0.25) is 5.91 Å². The van der Waals surface area contributed by atoms with Crippen molar-refractivity contribution in [3.8, 4) is 17.0 Å². The van der Waals surface area contributed by atoms with Crippen LogP contribution < -0.4 is 4.74 Å². The lowest BCUT2D eigenvalue weighted by Gasteiger charge is -2.32. The Hall–Kier alpha value is -3.67. The second-order valence-corrected chi connectivity index (χ2v) is 8.49. The maximum absolute atomic E-state index is 13.5. The summed E-state index contributed by atoms with van der Waals surface area (Å²) in [5.74, 6) is 1.60. The van der Waals surface area contributed by atoms with Crippen LogP contribution in [-0.4, -0.2) is 40.4 Å². The number of pyridine rings is 1. The molecule has 5 nitrogen and oxygen atoms in total. The van der Waals surface area contributed by atoms with Gasteiger partial charge in [-0.1, -0.05) is 30.3 Å². The molecule has 1 fully saturated rings. The number of amides is 1. The van der Waals surface area contributed by atoms with E-state index in [0.29, 0.717) is 12.1 Å². The van der Waals surface area contributed by atoms with Crippen LogP contribution in [0, 0.1) is 5.82 Å². The van der Waals surface area contributed by atoms with Crippen LogP contribution >= 0.6 is 0 Å². The number of piperidine rings is 1. The molecule has 33 heavy (non-hydrogen) atoms. The van der Waals surface area contributed by atoms with Crippen molar-refractivity contribution in [3.63, 3.8) is 0 Å². The van der Waals surface area contributed by atoms with Crippen LogP contribution in [0.2, 0.25) is 0 Å². The number of carbonyl (C=O) groups excluding carboxylic acids is 1. The zero-order valence-electron chi connectivity index (χ0n) is 18.6. The number of aromatic nitrogens is 2. The van der Waals surface area contributed by atoms with Gasteiger partial charge in [0, 0.05) is 30.8 Å². The van der Waals surface area contributed by atoms with E-state index in [0.717, 1.165) is 47.7 Å². The van der Waals surface area contributed by atoms with Crippen molar-refractivity contribution in [2.24, 2.45) is 0 Å². The lowest BCUT2D eigenvalue weighted by molar-refractivity contribution is -0.131. The van der Waals surface area contributed by atoms with Crippen molar-refractivity contribution in [2.45, 2.75) is 25.2 Å². The quantitative estimate of drug-likeness (QED) is 0.431. The van der Waals surface area contributed by atoms with Crippen LogP contribution in [0.5, 0.6) is 5.75 Å². The van der Waals surface area contributed by atoms with E-state index < -0.39 is 0 Å². The van der Waals surface area contributed by atoms with Gasteiger partial charge in [0.05, 0.1) is 24.7 Å². The SMILES string of the molecule is COc1cccc(-c2nc([C@@H]3CCCN(C(=O)Cc4cccc(F)c4)C3)n3ccccc23)c1. The van der Waals surface area contributed by atoms with E-state index in [1.807, 2.05) is 47.5 Å². The highest BCUT2D eigenvalue weighted by molar-refractivity contribution is 5.80. The van der Waals surface area contributed by atoms with Gasteiger partial charge in [0.15, 0.2) is 0 Å². The van der Waals surface area contributed by atoms with E-state index in [4.69, 9.17) is 9.72 Å².